The van der Waals surface area contributed by atoms with E-state index in [0.717, 1.165) is 82.2 Å². The van der Waals surface area contributed by atoms with Gasteiger partial charge in [0.15, 0.2) is 0 Å². The number of allylic oxidation sites excluding steroid dienone is 12. The lowest BCUT2D eigenvalue weighted by molar-refractivity contribution is 0.321. The molecule has 0 spiro atoms. The summed E-state index contributed by atoms with van der Waals surface area (Å²) in [6.07, 6.45) is 24.8. The molecule has 1 aromatic rings. The number of benzene rings is 1. The van der Waals surface area contributed by atoms with Gasteiger partial charge in [0, 0.05) is 17.7 Å². The van der Waals surface area contributed by atoms with E-state index in [1.54, 1.807) is 7.11 Å². The highest BCUT2D eigenvalue weighted by Crippen LogP contribution is 2.34. The van der Waals surface area contributed by atoms with Gasteiger partial charge in [-0.25, -0.2) is 20.0 Å². The monoisotopic (exact) mass is 497 g/mol. The number of hydrogen-bond donors (Lipinski definition) is 0. The summed E-state index contributed by atoms with van der Waals surface area (Å²) in [7, 11) is 1.75. The predicted molar refractivity (Wildman–Crippen MR) is 155 cm³/mol. The quantitative estimate of drug-likeness (QED) is 0.535. The molecule has 1 fully saturated rings. The van der Waals surface area contributed by atoms with Gasteiger partial charge < -0.3 is 4.74 Å². The minimum Gasteiger partial charge on any atom is -0.496 e. The molecule has 0 aliphatic carbocycles. The molecule has 6 aliphatic rings. The Morgan fingerprint density at radius 3 is 1.92 bits per heavy atom. The summed E-state index contributed by atoms with van der Waals surface area (Å²) in [4.78, 5) is 21.8. The topological polar surface area (TPSA) is 61.9 Å². The molecule has 0 N–H and O–H groups in total. The number of aliphatic imine (C=N–C) groups is 4. The lowest BCUT2D eigenvalue weighted by Crippen LogP contribution is -2.18. The van der Waals surface area contributed by atoms with Gasteiger partial charge in [0.25, 0.3) is 0 Å². The summed E-state index contributed by atoms with van der Waals surface area (Å²) in [5.74, 6) is 0.926. The molecule has 0 saturated carbocycles. The van der Waals surface area contributed by atoms with Gasteiger partial charge in [0.2, 0.25) is 0 Å². The Kier molecular flexibility index (Phi) is 5.67. The maximum Gasteiger partial charge on any atom is 0.123 e. The molecule has 6 nitrogen and oxygen atoms in total. The first-order valence-electron chi connectivity index (χ1n) is 13.1. The SMILES string of the molecule is COc1ccc(C2=CC3=NC2=CC2=NC(=CC4=NC(=CC5=NC(=C3)C=C5)C=C4)C=C2)cc1CN1CCCC1. The molecule has 186 valence electrons. The van der Waals surface area contributed by atoms with Crippen molar-refractivity contribution in [3.05, 3.63) is 119 Å². The minimum absolute atomic E-state index is 0.868. The number of fused-ring (bicyclic) bond motifs is 4. The molecule has 1 aromatic carbocycles. The van der Waals surface area contributed by atoms with Gasteiger partial charge in [-0.05, 0) is 110 Å². The Hall–Kier alpha value is -4.42. The van der Waals surface area contributed by atoms with Gasteiger partial charge in [-0.2, -0.15) is 0 Å². The van der Waals surface area contributed by atoms with Crippen molar-refractivity contribution in [1.82, 2.24) is 4.90 Å². The predicted octanol–water partition coefficient (Wildman–Crippen LogP) is 5.71. The van der Waals surface area contributed by atoms with E-state index in [1.165, 1.54) is 18.4 Å². The van der Waals surface area contributed by atoms with Crippen LogP contribution in [-0.2, 0) is 6.54 Å². The van der Waals surface area contributed by atoms with Gasteiger partial charge in [-0.3, -0.25) is 4.90 Å². The molecule has 1 saturated heterocycles. The Morgan fingerprint density at radius 1 is 0.684 bits per heavy atom. The molecule has 0 aromatic heterocycles. The molecular weight excluding hydrogens is 470 g/mol. The molecule has 7 rings (SSSR count). The van der Waals surface area contributed by atoms with Crippen molar-refractivity contribution < 1.29 is 4.74 Å². The summed E-state index contributed by atoms with van der Waals surface area (Å²) in [5.41, 5.74) is 10.4. The number of ether oxygens (including phenoxy) is 1. The van der Waals surface area contributed by atoms with E-state index in [2.05, 4.69) is 35.3 Å². The second-order valence-corrected chi connectivity index (χ2v) is 9.95. The molecule has 38 heavy (non-hydrogen) atoms. The van der Waals surface area contributed by atoms with Crippen molar-refractivity contribution in [1.29, 1.82) is 0 Å². The van der Waals surface area contributed by atoms with E-state index in [1.807, 2.05) is 54.7 Å². The highest BCUT2D eigenvalue weighted by molar-refractivity contribution is 6.19. The van der Waals surface area contributed by atoms with Crippen molar-refractivity contribution in [2.45, 2.75) is 19.4 Å². The molecule has 0 amide bonds. The normalized spacial score (nSPS) is 21.4. The minimum atomic E-state index is 0.868. The number of nitrogens with zero attached hydrogens (tertiary/aromatic N) is 5. The molecular formula is C32H27N5O. The summed E-state index contributed by atoms with van der Waals surface area (Å²) < 4.78 is 5.72. The van der Waals surface area contributed by atoms with Crippen LogP contribution in [0, 0.1) is 0 Å². The molecule has 8 bridgehead atoms. The maximum absolute atomic E-state index is 5.72. The summed E-state index contributed by atoms with van der Waals surface area (Å²) in [5, 5.41) is 0. The Balaban J connectivity index is 1.31. The first-order chi connectivity index (χ1) is 18.7. The maximum atomic E-state index is 5.72. The number of methoxy groups -OCH3 is 1. The zero-order valence-electron chi connectivity index (χ0n) is 21.3. The fraction of sp³-hybridized carbons (Fsp3) is 0.188. The first-order valence-corrected chi connectivity index (χ1v) is 13.1. The third kappa shape index (κ3) is 4.55. The second-order valence-electron chi connectivity index (χ2n) is 9.95. The number of rotatable bonds is 4. The van der Waals surface area contributed by atoms with E-state index >= 15 is 0 Å². The third-order valence-corrected chi connectivity index (χ3v) is 7.22. The molecule has 0 radical (unpaired) electrons. The summed E-state index contributed by atoms with van der Waals surface area (Å²) in [6.45, 7) is 3.17. The van der Waals surface area contributed by atoms with Crippen LogP contribution < -0.4 is 4.74 Å². The van der Waals surface area contributed by atoms with E-state index in [4.69, 9.17) is 24.7 Å². The van der Waals surface area contributed by atoms with Gasteiger partial charge in [-0.15, -0.1) is 0 Å². The fourth-order valence-corrected chi connectivity index (χ4v) is 5.38. The van der Waals surface area contributed by atoms with Crippen molar-refractivity contribution in [2.24, 2.45) is 20.0 Å². The Labute approximate surface area is 222 Å². The van der Waals surface area contributed by atoms with Crippen LogP contribution in [0.4, 0.5) is 0 Å². The standard InChI is InChI=1S/C32H27N5O/c1-38-32-11-4-21(14-22(32)20-37-12-2-3-13-37)30-18-29-17-27-8-7-25(34-27)15-23-5-6-24(33-23)16-26-9-10-28(35-26)19-31(30)36-29/h4-11,14-19H,2-3,12-13,20H2,1H3. The van der Waals surface area contributed by atoms with Gasteiger partial charge in [-0.1, -0.05) is 6.07 Å². The lowest BCUT2D eigenvalue weighted by atomic mass is 9.99. The van der Waals surface area contributed by atoms with E-state index in [0.29, 0.717) is 0 Å². The zero-order chi connectivity index (χ0) is 25.5. The molecule has 0 atom stereocenters. The molecule has 6 aliphatic heterocycles. The highest BCUT2D eigenvalue weighted by atomic mass is 16.5. The van der Waals surface area contributed by atoms with Crippen LogP contribution in [0.15, 0.2) is 128 Å². The van der Waals surface area contributed by atoms with Gasteiger partial charge in [0.05, 0.1) is 52.7 Å². The Bertz CT molecular complexity index is 1610. The van der Waals surface area contributed by atoms with Crippen LogP contribution in [0.5, 0.6) is 5.75 Å². The van der Waals surface area contributed by atoms with E-state index in [-0.39, 0.29) is 0 Å². The van der Waals surface area contributed by atoms with Crippen LogP contribution in [0.2, 0.25) is 0 Å². The average molecular weight is 498 g/mol. The molecule has 6 heterocycles. The van der Waals surface area contributed by atoms with Crippen molar-refractivity contribution in [3.63, 3.8) is 0 Å². The lowest BCUT2D eigenvalue weighted by Gasteiger charge is -2.18. The first kappa shape index (κ1) is 22.8. The van der Waals surface area contributed by atoms with Crippen molar-refractivity contribution in [3.8, 4) is 5.75 Å². The van der Waals surface area contributed by atoms with Crippen LogP contribution in [-0.4, -0.2) is 47.9 Å². The largest absolute Gasteiger partial charge is 0.496 e. The fourth-order valence-electron chi connectivity index (χ4n) is 5.38. The van der Waals surface area contributed by atoms with Crippen molar-refractivity contribution in [2.75, 3.05) is 20.2 Å². The number of likely N-dealkylation sites (tertiary alicyclic amines) is 1. The zero-order valence-corrected chi connectivity index (χ0v) is 21.3. The van der Waals surface area contributed by atoms with Crippen LogP contribution in [0.1, 0.15) is 24.0 Å². The number of hydrogen-bond acceptors (Lipinski definition) is 6. The van der Waals surface area contributed by atoms with Crippen molar-refractivity contribution >= 4 is 28.4 Å². The van der Waals surface area contributed by atoms with Crippen LogP contribution in [0.25, 0.3) is 5.57 Å². The summed E-state index contributed by atoms with van der Waals surface area (Å²) in [6, 6.07) is 6.45. The molecule has 0 unspecified atom stereocenters. The van der Waals surface area contributed by atoms with Gasteiger partial charge >= 0.3 is 0 Å². The average Bonchev–Trinajstić information content (AvgIpc) is 3.74. The highest BCUT2D eigenvalue weighted by Gasteiger charge is 2.21. The van der Waals surface area contributed by atoms with Crippen LogP contribution in [0.3, 0.4) is 0 Å². The summed E-state index contributed by atoms with van der Waals surface area (Å²) >= 11 is 0. The smallest absolute Gasteiger partial charge is 0.123 e. The van der Waals surface area contributed by atoms with Crippen LogP contribution >= 0.6 is 0 Å². The van der Waals surface area contributed by atoms with Gasteiger partial charge in [0.1, 0.15) is 5.75 Å². The van der Waals surface area contributed by atoms with E-state index in [9.17, 15) is 0 Å². The third-order valence-electron chi connectivity index (χ3n) is 7.22. The Morgan fingerprint density at radius 2 is 1.29 bits per heavy atom. The second kappa shape index (κ2) is 9.47. The van der Waals surface area contributed by atoms with E-state index < -0.39 is 0 Å². The molecule has 6 heteroatoms.